The lowest BCUT2D eigenvalue weighted by Crippen LogP contribution is -2.38. The van der Waals surface area contributed by atoms with Crippen LogP contribution >= 0.6 is 0 Å². The number of aryl methyl sites for hydroxylation is 1. The fourth-order valence-electron chi connectivity index (χ4n) is 6.06. The molecule has 7 rings (SSSR count). The fourth-order valence-corrected chi connectivity index (χ4v) is 6.06. The van der Waals surface area contributed by atoms with Crippen LogP contribution in [-0.4, -0.2) is 32.0 Å². The minimum atomic E-state index is -4.65. The normalized spacial score (nSPS) is 22.6. The molecule has 0 saturated heterocycles. The highest BCUT2D eigenvalue weighted by atomic mass is 19.4. The Balaban J connectivity index is 0.00000329. The van der Waals surface area contributed by atoms with Gasteiger partial charge in [-0.3, -0.25) is 0 Å². The van der Waals surface area contributed by atoms with Crippen LogP contribution in [0.2, 0.25) is 0 Å². The first kappa shape index (κ1) is 26.6. The number of nitrogens with one attached hydrogen (secondary N) is 1. The molecule has 0 amide bonds. The van der Waals surface area contributed by atoms with Gasteiger partial charge in [0.15, 0.2) is 11.4 Å². The maximum absolute atomic E-state index is 15.1. The Morgan fingerprint density at radius 2 is 2.02 bits per heavy atom. The fraction of sp³-hybridized carbons (Fsp3) is 0.355. The number of hydrogen-bond acceptors (Lipinski definition) is 6. The van der Waals surface area contributed by atoms with E-state index in [-0.39, 0.29) is 30.9 Å². The van der Waals surface area contributed by atoms with E-state index in [0.717, 1.165) is 42.0 Å². The quantitative estimate of drug-likeness (QED) is 0.241. The van der Waals surface area contributed by atoms with Gasteiger partial charge in [-0.2, -0.15) is 18.4 Å². The van der Waals surface area contributed by atoms with Gasteiger partial charge < -0.3 is 14.3 Å². The molecule has 2 aromatic heterocycles. The molecule has 2 unspecified atom stereocenters. The second-order valence-corrected chi connectivity index (χ2v) is 11.5. The van der Waals surface area contributed by atoms with E-state index < -0.39 is 22.8 Å². The molecular formula is C31H28F4N6O. The van der Waals surface area contributed by atoms with E-state index in [0.29, 0.717) is 29.9 Å². The van der Waals surface area contributed by atoms with Gasteiger partial charge in [0.2, 0.25) is 5.89 Å². The largest absolute Gasteiger partial charge is 0.435 e. The first-order valence-electron chi connectivity index (χ1n) is 13.8. The molecule has 2 aromatic carbocycles. The SMILES string of the molecule is Cn1cnnc1C1=C(c2cccc(-c3nc4cc(CNCC5(C#N)CCC5)cc(C(F)(F)F)c4o3)c2)C=CC2(F)CC12.[HH]. The summed E-state index contributed by atoms with van der Waals surface area (Å²) in [6.07, 6.45) is 3.12. The molecule has 3 aliphatic carbocycles. The zero-order chi connectivity index (χ0) is 29.3. The van der Waals surface area contributed by atoms with Crippen LogP contribution in [0.25, 0.3) is 33.7 Å². The third-order valence-electron chi connectivity index (χ3n) is 8.67. The van der Waals surface area contributed by atoms with Crippen molar-refractivity contribution in [2.75, 3.05) is 6.54 Å². The van der Waals surface area contributed by atoms with Gasteiger partial charge in [-0.15, -0.1) is 10.2 Å². The average Bonchev–Trinajstić information content (AvgIpc) is 3.23. The molecule has 0 spiro atoms. The molecule has 11 heteroatoms. The summed E-state index contributed by atoms with van der Waals surface area (Å²) >= 11 is 0. The van der Waals surface area contributed by atoms with Crippen LogP contribution in [0.1, 0.15) is 49.6 Å². The van der Waals surface area contributed by atoms with E-state index in [2.05, 4.69) is 26.6 Å². The van der Waals surface area contributed by atoms with E-state index in [1.807, 2.05) is 6.07 Å². The minimum absolute atomic E-state index is 0. The van der Waals surface area contributed by atoms with E-state index in [1.54, 1.807) is 54.4 Å². The summed E-state index contributed by atoms with van der Waals surface area (Å²) in [7, 11) is 1.80. The van der Waals surface area contributed by atoms with E-state index in [4.69, 9.17) is 4.42 Å². The second-order valence-electron chi connectivity index (χ2n) is 11.5. The van der Waals surface area contributed by atoms with Gasteiger partial charge in [0, 0.05) is 38.6 Å². The number of allylic oxidation sites excluding steroid dienone is 4. The van der Waals surface area contributed by atoms with Gasteiger partial charge in [-0.1, -0.05) is 24.6 Å². The summed E-state index contributed by atoms with van der Waals surface area (Å²) in [6.45, 7) is 0.591. The second kappa shape index (κ2) is 9.36. The number of alkyl halides is 4. The number of halogens is 4. The summed E-state index contributed by atoms with van der Waals surface area (Å²) in [6, 6.07) is 12.1. The van der Waals surface area contributed by atoms with Gasteiger partial charge in [0.05, 0.1) is 11.5 Å². The Bertz CT molecular complexity index is 1830. The summed E-state index contributed by atoms with van der Waals surface area (Å²) < 4.78 is 65.0. The van der Waals surface area contributed by atoms with Crippen molar-refractivity contribution in [2.24, 2.45) is 18.4 Å². The third kappa shape index (κ3) is 4.41. The van der Waals surface area contributed by atoms with E-state index in [9.17, 15) is 18.4 Å². The van der Waals surface area contributed by atoms with Crippen molar-refractivity contribution in [1.29, 1.82) is 5.26 Å². The van der Waals surface area contributed by atoms with Gasteiger partial charge in [0.1, 0.15) is 23.1 Å². The average molecular weight is 577 g/mol. The Kier molecular flexibility index (Phi) is 5.92. The molecule has 4 aromatic rings. The highest BCUT2D eigenvalue weighted by molar-refractivity contribution is 5.99. The highest BCUT2D eigenvalue weighted by Crippen LogP contribution is 2.60. The van der Waals surface area contributed by atoms with Crippen LogP contribution in [0.3, 0.4) is 0 Å². The zero-order valence-electron chi connectivity index (χ0n) is 22.7. The van der Waals surface area contributed by atoms with Gasteiger partial charge >= 0.3 is 6.18 Å². The number of nitrogens with zero attached hydrogens (tertiary/aromatic N) is 5. The minimum Gasteiger partial charge on any atom is -0.435 e. The van der Waals surface area contributed by atoms with Crippen LogP contribution < -0.4 is 5.32 Å². The van der Waals surface area contributed by atoms with Crippen LogP contribution in [-0.2, 0) is 19.8 Å². The maximum Gasteiger partial charge on any atom is 0.420 e. The van der Waals surface area contributed by atoms with Crippen LogP contribution in [0.4, 0.5) is 17.6 Å². The molecule has 2 atom stereocenters. The molecule has 0 aliphatic heterocycles. The number of fused-ring (bicyclic) bond motifs is 2. The first-order chi connectivity index (χ1) is 20.1. The van der Waals surface area contributed by atoms with Crippen molar-refractivity contribution in [1.82, 2.24) is 25.1 Å². The first-order valence-corrected chi connectivity index (χ1v) is 13.8. The predicted octanol–water partition coefficient (Wildman–Crippen LogP) is 6.88. The molecule has 2 heterocycles. The third-order valence-corrected chi connectivity index (χ3v) is 8.67. The summed E-state index contributed by atoms with van der Waals surface area (Å²) in [5.74, 6) is 0.273. The molecule has 7 nitrogen and oxygen atoms in total. The Hall–Kier alpha value is -4.30. The zero-order valence-corrected chi connectivity index (χ0v) is 22.7. The van der Waals surface area contributed by atoms with Gasteiger partial charge in [-0.25, -0.2) is 9.37 Å². The van der Waals surface area contributed by atoms with Crippen molar-refractivity contribution in [3.63, 3.8) is 0 Å². The summed E-state index contributed by atoms with van der Waals surface area (Å²) in [4.78, 5) is 4.45. The molecule has 2 saturated carbocycles. The molecule has 0 bridgehead atoms. The number of oxazole rings is 1. The topological polar surface area (TPSA) is 92.6 Å². The van der Waals surface area contributed by atoms with Crippen LogP contribution in [0.5, 0.6) is 0 Å². The Morgan fingerprint density at radius 3 is 2.71 bits per heavy atom. The number of hydrogen-bond donors (Lipinski definition) is 1. The highest BCUT2D eigenvalue weighted by Gasteiger charge is 2.58. The number of aromatic nitrogens is 4. The molecule has 42 heavy (non-hydrogen) atoms. The van der Waals surface area contributed by atoms with Crippen molar-refractivity contribution in [3.05, 3.63) is 77.4 Å². The van der Waals surface area contributed by atoms with Crippen LogP contribution in [0.15, 0.2) is 59.3 Å². The van der Waals surface area contributed by atoms with Crippen molar-refractivity contribution < 1.29 is 23.4 Å². The smallest absolute Gasteiger partial charge is 0.420 e. The standard InChI is InChI=1S/C31H26F4N6O.H2/c1-41-17-38-40-27(41)25-21(6-9-30(32)13-23(25)30)19-4-2-5-20(12-19)28-39-24-11-18(10-22(26(24)42-28)31(33,34)35)14-37-16-29(15-36)7-3-8-29;/h2,4-6,9-12,17,23,37H,3,7-8,13-14,16H2,1H3;1H. The maximum atomic E-state index is 15.1. The van der Waals surface area contributed by atoms with Crippen molar-refractivity contribution >= 4 is 22.2 Å². The van der Waals surface area contributed by atoms with Crippen molar-refractivity contribution in [3.8, 4) is 17.5 Å². The molecule has 216 valence electrons. The van der Waals surface area contributed by atoms with E-state index in [1.165, 1.54) is 0 Å². The lowest BCUT2D eigenvalue weighted by Gasteiger charge is -2.35. The van der Waals surface area contributed by atoms with Crippen LogP contribution in [0, 0.1) is 22.7 Å². The summed E-state index contributed by atoms with van der Waals surface area (Å²) in [5.41, 5.74) is 0.150. The number of benzene rings is 2. The van der Waals surface area contributed by atoms with Crippen molar-refractivity contribution in [2.45, 2.75) is 44.1 Å². The molecular weight excluding hydrogens is 548 g/mol. The Morgan fingerprint density at radius 1 is 1.21 bits per heavy atom. The number of rotatable bonds is 7. The molecule has 1 N–H and O–H groups in total. The number of nitriles is 1. The monoisotopic (exact) mass is 576 g/mol. The lowest BCUT2D eigenvalue weighted by molar-refractivity contribution is -0.136. The predicted molar refractivity (Wildman–Crippen MR) is 149 cm³/mol. The molecule has 3 aliphatic rings. The summed E-state index contributed by atoms with van der Waals surface area (Å²) in [5, 5.41) is 20.8. The molecule has 2 fully saturated rings. The van der Waals surface area contributed by atoms with Gasteiger partial charge in [0.25, 0.3) is 0 Å². The Labute approximate surface area is 240 Å². The molecule has 0 radical (unpaired) electrons. The van der Waals surface area contributed by atoms with E-state index >= 15 is 4.39 Å². The van der Waals surface area contributed by atoms with Gasteiger partial charge in [-0.05, 0) is 66.3 Å². The lowest BCUT2D eigenvalue weighted by atomic mass is 9.70.